The van der Waals surface area contributed by atoms with Crippen molar-refractivity contribution >= 4 is 27.0 Å². The molecule has 0 aliphatic carbocycles. The molecule has 2 heterocycles. The maximum Gasteiger partial charge on any atom is 0.242 e. The minimum atomic E-state index is -3.47. The van der Waals surface area contributed by atoms with E-state index in [1.54, 1.807) is 23.5 Å². The maximum absolute atomic E-state index is 12.4. The van der Waals surface area contributed by atoms with Gasteiger partial charge in [0.05, 0.1) is 35.5 Å². The lowest BCUT2D eigenvalue weighted by molar-refractivity contribution is 0.0968. The third-order valence-corrected chi connectivity index (χ3v) is 8.20. The third-order valence-electron chi connectivity index (χ3n) is 5.51. The molecular weight excluding hydrogens is 458 g/mol. The standard InChI is InChI=1S/C24H29N3O4S2/c1-4-30-20-11-9-19(10-12-20)25-24-27(16-21-6-5-15-31-21)23(17-32-24)18-7-13-22(14-8-18)33(28,29)26(2)3/h7-14,17,21H,4-6,15-16H2,1-3H3. The van der Waals surface area contributed by atoms with Crippen molar-refractivity contribution in [3.05, 3.63) is 58.7 Å². The summed E-state index contributed by atoms with van der Waals surface area (Å²) in [5, 5.41) is 2.07. The van der Waals surface area contributed by atoms with Gasteiger partial charge < -0.3 is 14.0 Å². The zero-order chi connectivity index (χ0) is 23.4. The van der Waals surface area contributed by atoms with Gasteiger partial charge >= 0.3 is 0 Å². The molecule has 0 spiro atoms. The van der Waals surface area contributed by atoms with E-state index in [2.05, 4.69) is 9.95 Å². The molecule has 3 aromatic rings. The first-order valence-corrected chi connectivity index (χ1v) is 13.3. The minimum absolute atomic E-state index is 0.144. The summed E-state index contributed by atoms with van der Waals surface area (Å²) in [6.07, 6.45) is 2.23. The summed E-state index contributed by atoms with van der Waals surface area (Å²) in [5.41, 5.74) is 2.78. The number of aromatic nitrogens is 1. The summed E-state index contributed by atoms with van der Waals surface area (Å²) in [5.74, 6) is 0.823. The largest absolute Gasteiger partial charge is 0.494 e. The fourth-order valence-corrected chi connectivity index (χ4v) is 5.56. The summed E-state index contributed by atoms with van der Waals surface area (Å²) in [7, 11) is -0.399. The normalized spacial score (nSPS) is 17.1. The van der Waals surface area contributed by atoms with Crippen LogP contribution in [0.4, 0.5) is 5.69 Å². The Morgan fingerprint density at radius 2 is 1.88 bits per heavy atom. The zero-order valence-corrected chi connectivity index (χ0v) is 20.7. The van der Waals surface area contributed by atoms with Crippen molar-refractivity contribution in [3.63, 3.8) is 0 Å². The Balaban J connectivity index is 1.72. The molecule has 0 bridgehead atoms. The van der Waals surface area contributed by atoms with Crippen molar-refractivity contribution in [2.24, 2.45) is 4.99 Å². The fourth-order valence-electron chi connectivity index (χ4n) is 3.72. The maximum atomic E-state index is 12.4. The second kappa shape index (κ2) is 10.2. The molecule has 2 aromatic carbocycles. The number of rotatable bonds is 8. The van der Waals surface area contributed by atoms with Crippen molar-refractivity contribution < 1.29 is 17.9 Å². The lowest BCUT2D eigenvalue weighted by Crippen LogP contribution is -2.24. The highest BCUT2D eigenvalue weighted by molar-refractivity contribution is 7.89. The highest BCUT2D eigenvalue weighted by atomic mass is 32.2. The van der Waals surface area contributed by atoms with Gasteiger partial charge in [-0.2, -0.15) is 0 Å². The SMILES string of the molecule is CCOc1ccc(N=c2scc(-c3ccc(S(=O)(=O)N(C)C)cc3)n2CC2CCCO2)cc1. The van der Waals surface area contributed by atoms with E-state index in [0.717, 1.165) is 46.9 Å². The van der Waals surface area contributed by atoms with E-state index >= 15 is 0 Å². The molecular formula is C24H29N3O4S2. The first-order valence-electron chi connectivity index (χ1n) is 11.0. The van der Waals surface area contributed by atoms with Crippen LogP contribution in [-0.2, 0) is 21.3 Å². The van der Waals surface area contributed by atoms with Crippen molar-refractivity contribution in [1.29, 1.82) is 0 Å². The number of hydrogen-bond donors (Lipinski definition) is 0. The molecule has 4 rings (SSSR count). The monoisotopic (exact) mass is 487 g/mol. The lowest BCUT2D eigenvalue weighted by Gasteiger charge is -2.15. The van der Waals surface area contributed by atoms with Gasteiger partial charge in [-0.05, 0) is 61.7 Å². The number of ether oxygens (including phenoxy) is 2. The van der Waals surface area contributed by atoms with Crippen LogP contribution in [-0.4, -0.2) is 50.7 Å². The van der Waals surface area contributed by atoms with Crippen LogP contribution in [0, 0.1) is 0 Å². The molecule has 1 atom stereocenters. The highest BCUT2D eigenvalue weighted by Gasteiger charge is 2.20. The van der Waals surface area contributed by atoms with E-state index in [-0.39, 0.29) is 11.0 Å². The Kier molecular flexibility index (Phi) is 7.33. The van der Waals surface area contributed by atoms with Gasteiger partial charge in [0, 0.05) is 26.1 Å². The van der Waals surface area contributed by atoms with Crippen LogP contribution in [0.25, 0.3) is 11.3 Å². The van der Waals surface area contributed by atoms with Gasteiger partial charge in [-0.1, -0.05) is 12.1 Å². The molecule has 176 valence electrons. The molecule has 1 aliphatic heterocycles. The molecule has 33 heavy (non-hydrogen) atoms. The third kappa shape index (κ3) is 5.38. The second-order valence-electron chi connectivity index (χ2n) is 8.00. The first-order chi connectivity index (χ1) is 15.9. The average Bonchev–Trinajstić information content (AvgIpc) is 3.46. The molecule has 1 aromatic heterocycles. The molecule has 1 saturated heterocycles. The van der Waals surface area contributed by atoms with Crippen LogP contribution in [0.15, 0.2) is 63.8 Å². The Morgan fingerprint density at radius 3 is 2.48 bits per heavy atom. The van der Waals surface area contributed by atoms with Crippen LogP contribution in [0.2, 0.25) is 0 Å². The lowest BCUT2D eigenvalue weighted by atomic mass is 10.1. The molecule has 0 N–H and O–H groups in total. The summed E-state index contributed by atoms with van der Waals surface area (Å²) >= 11 is 1.56. The Morgan fingerprint density at radius 1 is 1.15 bits per heavy atom. The highest BCUT2D eigenvalue weighted by Crippen LogP contribution is 2.26. The van der Waals surface area contributed by atoms with Crippen LogP contribution in [0.1, 0.15) is 19.8 Å². The van der Waals surface area contributed by atoms with Gasteiger partial charge in [0.2, 0.25) is 10.0 Å². The summed E-state index contributed by atoms with van der Waals surface area (Å²) in [6, 6.07) is 14.7. The van der Waals surface area contributed by atoms with E-state index in [1.807, 2.05) is 43.3 Å². The van der Waals surface area contributed by atoms with Crippen LogP contribution < -0.4 is 9.54 Å². The van der Waals surface area contributed by atoms with Crippen molar-refractivity contribution in [1.82, 2.24) is 8.87 Å². The van der Waals surface area contributed by atoms with E-state index in [0.29, 0.717) is 13.2 Å². The first kappa shape index (κ1) is 23.7. The van der Waals surface area contributed by atoms with Crippen LogP contribution >= 0.6 is 11.3 Å². The predicted octanol–water partition coefficient (Wildman–Crippen LogP) is 4.28. The molecule has 1 unspecified atom stereocenters. The molecule has 0 radical (unpaired) electrons. The Bertz CT molecular complexity index is 1240. The van der Waals surface area contributed by atoms with Gasteiger partial charge in [0.1, 0.15) is 5.75 Å². The summed E-state index contributed by atoms with van der Waals surface area (Å²) < 4.78 is 39.7. The quantitative estimate of drug-likeness (QED) is 0.476. The molecule has 0 amide bonds. The number of nitrogens with zero attached hydrogens (tertiary/aromatic N) is 3. The topological polar surface area (TPSA) is 73.1 Å². The molecule has 1 aliphatic rings. The van der Waals surface area contributed by atoms with Crippen molar-refractivity contribution in [2.45, 2.75) is 37.3 Å². The number of thiazole rings is 1. The van der Waals surface area contributed by atoms with Crippen LogP contribution in [0.3, 0.4) is 0 Å². The summed E-state index contributed by atoms with van der Waals surface area (Å²) in [6.45, 7) is 4.07. The van der Waals surface area contributed by atoms with Crippen molar-refractivity contribution in [3.8, 4) is 17.0 Å². The van der Waals surface area contributed by atoms with E-state index in [4.69, 9.17) is 14.5 Å². The predicted molar refractivity (Wildman–Crippen MR) is 130 cm³/mol. The summed E-state index contributed by atoms with van der Waals surface area (Å²) in [4.78, 5) is 6.02. The number of hydrogen-bond acceptors (Lipinski definition) is 6. The smallest absolute Gasteiger partial charge is 0.242 e. The molecule has 1 fully saturated rings. The van der Waals surface area contributed by atoms with Gasteiger partial charge in [0.15, 0.2) is 4.80 Å². The minimum Gasteiger partial charge on any atom is -0.494 e. The second-order valence-corrected chi connectivity index (χ2v) is 11.0. The van der Waals surface area contributed by atoms with Gasteiger partial charge in [-0.25, -0.2) is 17.7 Å². The van der Waals surface area contributed by atoms with E-state index in [9.17, 15) is 8.42 Å². The average molecular weight is 488 g/mol. The zero-order valence-electron chi connectivity index (χ0n) is 19.1. The van der Waals surface area contributed by atoms with Gasteiger partial charge in [-0.15, -0.1) is 11.3 Å². The van der Waals surface area contributed by atoms with Crippen LogP contribution in [0.5, 0.6) is 5.75 Å². The number of sulfonamides is 1. The molecule has 7 nitrogen and oxygen atoms in total. The Hall–Kier alpha value is -2.46. The van der Waals surface area contributed by atoms with E-state index in [1.165, 1.54) is 18.4 Å². The molecule has 0 saturated carbocycles. The van der Waals surface area contributed by atoms with Gasteiger partial charge in [-0.3, -0.25) is 0 Å². The van der Waals surface area contributed by atoms with E-state index < -0.39 is 10.0 Å². The number of benzene rings is 2. The van der Waals surface area contributed by atoms with Gasteiger partial charge in [0.25, 0.3) is 0 Å². The fraction of sp³-hybridized carbons (Fsp3) is 0.375. The Labute approximate surface area is 199 Å². The molecule has 9 heteroatoms. The van der Waals surface area contributed by atoms with Crippen molar-refractivity contribution in [2.75, 3.05) is 27.3 Å².